The first kappa shape index (κ1) is 22.4. The number of ether oxygens (including phenoxy) is 2. The Morgan fingerprint density at radius 3 is 2.76 bits per heavy atom. The molecular formula is C26H17F2N5O4. The number of benzene rings is 2. The molecule has 0 aliphatic carbocycles. The summed E-state index contributed by atoms with van der Waals surface area (Å²) in [5.41, 5.74) is 0.820. The van der Waals surface area contributed by atoms with Crippen molar-refractivity contribution in [3.05, 3.63) is 100 Å². The van der Waals surface area contributed by atoms with Gasteiger partial charge in [-0.1, -0.05) is 0 Å². The van der Waals surface area contributed by atoms with Crippen molar-refractivity contribution in [2.24, 2.45) is 0 Å². The van der Waals surface area contributed by atoms with Gasteiger partial charge in [-0.15, -0.1) is 0 Å². The van der Waals surface area contributed by atoms with Gasteiger partial charge in [-0.25, -0.2) is 18.7 Å². The highest BCUT2D eigenvalue weighted by Crippen LogP contribution is 2.31. The fourth-order valence-electron chi connectivity index (χ4n) is 4.14. The third-order valence-corrected chi connectivity index (χ3v) is 5.90. The van der Waals surface area contributed by atoms with Crippen molar-refractivity contribution in [2.45, 2.75) is 6.42 Å². The Morgan fingerprint density at radius 1 is 1.11 bits per heavy atom. The van der Waals surface area contributed by atoms with Crippen LogP contribution >= 0.6 is 0 Å². The van der Waals surface area contributed by atoms with Gasteiger partial charge in [0.05, 0.1) is 12.0 Å². The number of aromatic amines is 1. The van der Waals surface area contributed by atoms with E-state index in [0.717, 1.165) is 6.07 Å². The molecule has 0 spiro atoms. The number of amides is 1. The zero-order valence-electron chi connectivity index (χ0n) is 19.0. The highest BCUT2D eigenvalue weighted by molar-refractivity contribution is 6.06. The minimum absolute atomic E-state index is 0.104. The zero-order chi connectivity index (χ0) is 25.5. The molecule has 184 valence electrons. The van der Waals surface area contributed by atoms with Gasteiger partial charge < -0.3 is 19.8 Å². The van der Waals surface area contributed by atoms with E-state index in [1.165, 1.54) is 47.3 Å². The quantitative estimate of drug-likeness (QED) is 0.370. The molecule has 0 radical (unpaired) electrons. The van der Waals surface area contributed by atoms with Crippen LogP contribution in [-0.4, -0.2) is 32.0 Å². The summed E-state index contributed by atoms with van der Waals surface area (Å²) in [6.07, 6.45) is 5.03. The minimum Gasteiger partial charge on any atom is -0.492 e. The van der Waals surface area contributed by atoms with Crippen LogP contribution in [-0.2, 0) is 6.42 Å². The van der Waals surface area contributed by atoms with Gasteiger partial charge in [0, 0.05) is 41.8 Å². The number of hydrogen-bond donors (Lipinski definition) is 2. The molecule has 0 saturated heterocycles. The zero-order valence-corrected chi connectivity index (χ0v) is 19.0. The van der Waals surface area contributed by atoms with Gasteiger partial charge >= 0.3 is 0 Å². The summed E-state index contributed by atoms with van der Waals surface area (Å²) in [5, 5.41) is 3.13. The summed E-state index contributed by atoms with van der Waals surface area (Å²) < 4.78 is 40.7. The second-order valence-electron chi connectivity index (χ2n) is 8.23. The lowest BCUT2D eigenvalue weighted by Crippen LogP contribution is -2.29. The molecule has 4 heterocycles. The normalized spacial score (nSPS) is 12.3. The van der Waals surface area contributed by atoms with Crippen LogP contribution in [0.15, 0.2) is 72.0 Å². The van der Waals surface area contributed by atoms with E-state index in [2.05, 4.69) is 20.3 Å². The van der Waals surface area contributed by atoms with Crippen LogP contribution in [0.5, 0.6) is 17.4 Å². The number of halogens is 2. The van der Waals surface area contributed by atoms with Gasteiger partial charge in [-0.05, 0) is 42.5 Å². The first-order chi connectivity index (χ1) is 18.0. The molecule has 6 rings (SSSR count). The van der Waals surface area contributed by atoms with Gasteiger partial charge in [0.1, 0.15) is 29.1 Å². The van der Waals surface area contributed by atoms with E-state index in [0.29, 0.717) is 35.3 Å². The Morgan fingerprint density at radius 2 is 1.95 bits per heavy atom. The average Bonchev–Trinajstić information content (AvgIpc) is 3.56. The van der Waals surface area contributed by atoms with Crippen LogP contribution in [0.1, 0.15) is 15.9 Å². The van der Waals surface area contributed by atoms with E-state index in [1.807, 2.05) is 0 Å². The van der Waals surface area contributed by atoms with Gasteiger partial charge in [-0.2, -0.15) is 0 Å². The molecule has 0 fully saturated rings. The number of rotatable bonds is 5. The smallest absolute Gasteiger partial charge is 0.271 e. The van der Waals surface area contributed by atoms with Crippen molar-refractivity contribution in [3.8, 4) is 23.1 Å². The number of fused-ring (bicyclic) bond motifs is 2. The highest BCUT2D eigenvalue weighted by atomic mass is 19.1. The fraction of sp³-hybridized carbons (Fsp3) is 0.0769. The summed E-state index contributed by atoms with van der Waals surface area (Å²) in [6.45, 7) is 0.306. The van der Waals surface area contributed by atoms with Crippen LogP contribution in [0.3, 0.4) is 0 Å². The number of nitrogens with zero attached hydrogens (tertiary/aromatic N) is 3. The molecule has 5 aromatic rings. The lowest BCUT2D eigenvalue weighted by molar-refractivity contribution is 0.102. The molecule has 0 saturated carbocycles. The molecule has 0 bridgehead atoms. The number of hydrogen-bond acceptors (Lipinski definition) is 6. The lowest BCUT2D eigenvalue weighted by atomic mass is 10.1. The highest BCUT2D eigenvalue weighted by Gasteiger charge is 2.27. The van der Waals surface area contributed by atoms with Crippen molar-refractivity contribution in [2.75, 3.05) is 11.9 Å². The standard InChI is InChI=1S/C26H17F2N5O4/c27-15-1-4-17(5-2-15)33-12-14-8-10-36-22(14)21(26(33)35)24(34)32-16-3-6-20(19(28)11-16)37-25-18-7-9-29-23(18)30-13-31-25/h1-7,9,11-13H,8,10H2,(H,32,34)(H,29,30,31). The second kappa shape index (κ2) is 8.86. The molecule has 3 aromatic heterocycles. The predicted octanol–water partition coefficient (Wildman–Crippen LogP) is 4.37. The number of anilines is 1. The maximum atomic E-state index is 14.9. The number of aromatic nitrogens is 4. The SMILES string of the molecule is O=C(Nc1ccc(Oc2ncnc3[nH]ccc23)c(F)c1)c1c2c(cn(-c3ccc(F)cc3)c1=O)CCO2. The van der Waals surface area contributed by atoms with Crippen molar-refractivity contribution in [3.63, 3.8) is 0 Å². The second-order valence-corrected chi connectivity index (χ2v) is 8.23. The van der Waals surface area contributed by atoms with Gasteiger partial charge in [0.15, 0.2) is 11.6 Å². The molecule has 2 N–H and O–H groups in total. The van der Waals surface area contributed by atoms with E-state index >= 15 is 0 Å². The summed E-state index contributed by atoms with van der Waals surface area (Å²) in [6, 6.07) is 10.9. The molecule has 11 heteroatoms. The Balaban J connectivity index is 1.30. The number of H-pyrrole nitrogens is 1. The summed E-state index contributed by atoms with van der Waals surface area (Å²) >= 11 is 0. The third-order valence-electron chi connectivity index (χ3n) is 5.90. The van der Waals surface area contributed by atoms with E-state index in [-0.39, 0.29) is 28.6 Å². The molecule has 1 amide bonds. The molecule has 0 unspecified atom stereocenters. The maximum Gasteiger partial charge on any atom is 0.271 e. The minimum atomic E-state index is -0.766. The van der Waals surface area contributed by atoms with E-state index in [4.69, 9.17) is 9.47 Å². The first-order valence-corrected chi connectivity index (χ1v) is 11.2. The number of carbonyl (C=O) groups excluding carboxylic acids is 1. The van der Waals surface area contributed by atoms with E-state index < -0.39 is 23.1 Å². The molecule has 37 heavy (non-hydrogen) atoms. The van der Waals surface area contributed by atoms with Crippen molar-refractivity contribution >= 4 is 22.6 Å². The van der Waals surface area contributed by atoms with Gasteiger partial charge in [0.25, 0.3) is 11.5 Å². The Labute approximate surface area is 207 Å². The largest absolute Gasteiger partial charge is 0.492 e. The van der Waals surface area contributed by atoms with Crippen molar-refractivity contribution in [1.29, 1.82) is 0 Å². The van der Waals surface area contributed by atoms with Crippen molar-refractivity contribution in [1.82, 2.24) is 19.5 Å². The fourth-order valence-corrected chi connectivity index (χ4v) is 4.14. The van der Waals surface area contributed by atoms with E-state index in [9.17, 15) is 18.4 Å². The molecule has 0 atom stereocenters. The monoisotopic (exact) mass is 501 g/mol. The number of pyridine rings is 1. The Hall–Kier alpha value is -5.06. The van der Waals surface area contributed by atoms with Crippen LogP contribution in [0.25, 0.3) is 16.7 Å². The summed E-state index contributed by atoms with van der Waals surface area (Å²) in [5.74, 6) is -1.73. The van der Waals surface area contributed by atoms with E-state index in [1.54, 1.807) is 18.5 Å². The average molecular weight is 501 g/mol. The lowest BCUT2D eigenvalue weighted by Gasteiger charge is -2.13. The van der Waals surface area contributed by atoms with Crippen molar-refractivity contribution < 1.29 is 23.0 Å². The van der Waals surface area contributed by atoms with Gasteiger partial charge in [0.2, 0.25) is 5.88 Å². The first-order valence-electron chi connectivity index (χ1n) is 11.2. The molecule has 9 nitrogen and oxygen atoms in total. The van der Waals surface area contributed by atoms with Crippen LogP contribution in [0.2, 0.25) is 0 Å². The molecule has 1 aliphatic heterocycles. The maximum absolute atomic E-state index is 14.9. The molecule has 2 aromatic carbocycles. The molecular weight excluding hydrogens is 484 g/mol. The number of nitrogens with one attached hydrogen (secondary N) is 2. The predicted molar refractivity (Wildman–Crippen MR) is 130 cm³/mol. The van der Waals surface area contributed by atoms with Crippen LogP contribution in [0, 0.1) is 11.6 Å². The number of carbonyl (C=O) groups is 1. The summed E-state index contributed by atoms with van der Waals surface area (Å²) in [7, 11) is 0. The molecule has 1 aliphatic rings. The summed E-state index contributed by atoms with van der Waals surface area (Å²) in [4.78, 5) is 37.5. The van der Waals surface area contributed by atoms with Crippen LogP contribution in [0.4, 0.5) is 14.5 Å². The third kappa shape index (κ3) is 4.05. The Bertz CT molecular complexity index is 1730. The topological polar surface area (TPSA) is 111 Å². The van der Waals surface area contributed by atoms with Crippen LogP contribution < -0.4 is 20.3 Å². The Kier molecular flexibility index (Phi) is 5.37. The van der Waals surface area contributed by atoms with Gasteiger partial charge in [-0.3, -0.25) is 14.2 Å².